The Morgan fingerprint density at radius 1 is 0.312 bits per heavy atom. The van der Waals surface area contributed by atoms with E-state index in [2.05, 4.69) is 241 Å². The molecule has 0 radical (unpaired) electrons. The maximum atomic E-state index is 5.10. The Morgan fingerprint density at radius 2 is 0.781 bits per heavy atom. The Labute approximate surface area is 373 Å². The van der Waals surface area contributed by atoms with Crippen molar-refractivity contribution in [1.82, 2.24) is 4.98 Å². The monoisotopic (exact) mass is 812 g/mol. The number of nitrogens with zero attached hydrogens (tertiary/aromatic N) is 2. The van der Waals surface area contributed by atoms with E-state index < -0.39 is 5.41 Å². The average Bonchev–Trinajstić information content (AvgIpc) is 3.66. The molecule has 10 aromatic carbocycles. The van der Waals surface area contributed by atoms with Gasteiger partial charge in [-0.05, 0) is 119 Å². The Balaban J connectivity index is 0.880. The Morgan fingerprint density at radius 3 is 1.39 bits per heavy atom. The van der Waals surface area contributed by atoms with E-state index >= 15 is 0 Å². The van der Waals surface area contributed by atoms with Crippen molar-refractivity contribution in [2.24, 2.45) is 0 Å². The molecule has 2 heteroatoms. The topological polar surface area (TPSA) is 16.1 Å². The first-order chi connectivity index (χ1) is 31.8. The van der Waals surface area contributed by atoms with Gasteiger partial charge in [-0.15, -0.1) is 0 Å². The van der Waals surface area contributed by atoms with E-state index in [0.29, 0.717) is 0 Å². The zero-order valence-electron chi connectivity index (χ0n) is 35.0. The molecule has 298 valence electrons. The van der Waals surface area contributed by atoms with Crippen LogP contribution in [-0.4, -0.2) is 4.98 Å². The highest BCUT2D eigenvalue weighted by Crippen LogP contribution is 2.63. The van der Waals surface area contributed by atoms with Crippen LogP contribution < -0.4 is 4.90 Å². The second kappa shape index (κ2) is 14.4. The maximum absolute atomic E-state index is 5.10. The van der Waals surface area contributed by atoms with Crippen LogP contribution in [0.2, 0.25) is 0 Å². The number of rotatable bonds is 5. The minimum absolute atomic E-state index is 0.465. The predicted molar refractivity (Wildman–Crippen MR) is 267 cm³/mol. The fourth-order valence-electron chi connectivity index (χ4n) is 11.0. The van der Waals surface area contributed by atoms with Crippen LogP contribution in [0.15, 0.2) is 243 Å². The van der Waals surface area contributed by atoms with Crippen LogP contribution in [0.5, 0.6) is 0 Å². The fraction of sp³-hybridized carbons (Fsp3) is 0.0161. The maximum Gasteiger partial charge on any atom is 0.0754 e. The first-order valence-electron chi connectivity index (χ1n) is 22.1. The lowest BCUT2D eigenvalue weighted by Gasteiger charge is -2.45. The molecule has 2 aliphatic rings. The molecule has 1 aliphatic carbocycles. The molecule has 64 heavy (non-hydrogen) atoms. The molecule has 1 aliphatic heterocycles. The van der Waals surface area contributed by atoms with Gasteiger partial charge in [0, 0.05) is 23.0 Å². The van der Waals surface area contributed by atoms with Crippen LogP contribution in [-0.2, 0) is 5.41 Å². The number of pyridine rings is 1. The quantitative estimate of drug-likeness (QED) is 0.161. The van der Waals surface area contributed by atoms with Crippen molar-refractivity contribution >= 4 is 38.6 Å². The lowest BCUT2D eigenvalue weighted by molar-refractivity contribution is 0.753. The largest absolute Gasteiger partial charge is 0.310 e. The van der Waals surface area contributed by atoms with Gasteiger partial charge in [-0.1, -0.05) is 200 Å². The van der Waals surface area contributed by atoms with Crippen LogP contribution in [0.3, 0.4) is 0 Å². The lowest BCUT2D eigenvalue weighted by Crippen LogP contribution is -2.36. The van der Waals surface area contributed by atoms with Crippen LogP contribution >= 0.6 is 0 Å². The highest BCUT2D eigenvalue weighted by Gasteiger charge is 2.51. The first kappa shape index (κ1) is 36.3. The summed E-state index contributed by atoms with van der Waals surface area (Å²) in [6.45, 7) is 0. The van der Waals surface area contributed by atoms with Gasteiger partial charge in [0.25, 0.3) is 0 Å². The SMILES string of the molecule is c1ccc(-c2c3ccccc3c(-c3ccc(-c4ccc(-c5ccc6c(c5)-c5ccccc5C65c6ccccc6N(c6ccccc6)c6ccccc65)cc4)nc3)c3ccccc23)cc1. The Hall–Kier alpha value is -8.33. The van der Waals surface area contributed by atoms with Gasteiger partial charge in [-0.2, -0.15) is 0 Å². The molecule has 0 unspecified atom stereocenters. The van der Waals surface area contributed by atoms with Gasteiger partial charge in [0.05, 0.1) is 22.5 Å². The van der Waals surface area contributed by atoms with Crippen molar-refractivity contribution in [1.29, 1.82) is 0 Å². The predicted octanol–water partition coefficient (Wildman–Crippen LogP) is 16.2. The molecule has 0 bridgehead atoms. The number of hydrogen-bond donors (Lipinski definition) is 0. The van der Waals surface area contributed by atoms with Gasteiger partial charge in [-0.3, -0.25) is 4.98 Å². The third-order valence-corrected chi connectivity index (χ3v) is 13.7. The van der Waals surface area contributed by atoms with Gasteiger partial charge in [-0.25, -0.2) is 0 Å². The van der Waals surface area contributed by atoms with Crippen molar-refractivity contribution in [3.63, 3.8) is 0 Å². The van der Waals surface area contributed by atoms with Crippen LogP contribution in [0.25, 0.3) is 77.3 Å². The Bertz CT molecular complexity index is 3490. The second-order valence-corrected chi connectivity index (χ2v) is 17.0. The molecule has 0 saturated heterocycles. The highest BCUT2D eigenvalue weighted by molar-refractivity contribution is 6.21. The first-order valence-corrected chi connectivity index (χ1v) is 22.1. The fourth-order valence-corrected chi connectivity index (χ4v) is 11.0. The zero-order valence-corrected chi connectivity index (χ0v) is 35.0. The zero-order chi connectivity index (χ0) is 42.2. The van der Waals surface area contributed by atoms with Gasteiger partial charge in [0.15, 0.2) is 0 Å². The highest BCUT2D eigenvalue weighted by atomic mass is 15.2. The molecule has 2 nitrogen and oxygen atoms in total. The number of benzene rings is 10. The van der Waals surface area contributed by atoms with Crippen molar-refractivity contribution in [2.45, 2.75) is 5.41 Å². The van der Waals surface area contributed by atoms with E-state index in [4.69, 9.17) is 4.98 Å². The molecule has 0 amide bonds. The summed E-state index contributed by atoms with van der Waals surface area (Å²) in [4.78, 5) is 7.53. The summed E-state index contributed by atoms with van der Waals surface area (Å²) in [6.07, 6.45) is 2.05. The molecule has 1 spiro atoms. The molecule has 0 atom stereocenters. The molecule has 13 rings (SSSR count). The standard InChI is InChI=1S/C62H40N2/c1-3-17-43(18-4-1)60-48-22-7-9-24-50(48)61(51-25-10-8-23-49(51)60)45-36-38-57(63-40-45)42-33-31-41(32-34-42)44-35-37-54-52(39-44)47-21-11-12-26-53(47)62(54)55-27-13-15-29-58(55)64(46-19-5-2-6-20-46)59-30-16-14-28-56(59)62/h1-40H. The van der Waals surface area contributed by atoms with Gasteiger partial charge in [0.1, 0.15) is 0 Å². The van der Waals surface area contributed by atoms with Crippen LogP contribution in [0, 0.1) is 0 Å². The summed E-state index contributed by atoms with van der Waals surface area (Å²) >= 11 is 0. The van der Waals surface area contributed by atoms with E-state index in [1.54, 1.807) is 0 Å². The van der Waals surface area contributed by atoms with Crippen molar-refractivity contribution in [3.05, 3.63) is 265 Å². The van der Waals surface area contributed by atoms with Gasteiger partial charge in [0.2, 0.25) is 0 Å². The molecule has 2 heterocycles. The smallest absolute Gasteiger partial charge is 0.0754 e. The summed E-state index contributed by atoms with van der Waals surface area (Å²) in [7, 11) is 0. The van der Waals surface area contributed by atoms with Gasteiger partial charge < -0.3 is 4.90 Å². The third kappa shape index (κ3) is 5.30. The molecule has 0 N–H and O–H groups in total. The van der Waals surface area contributed by atoms with Crippen molar-refractivity contribution in [2.75, 3.05) is 4.90 Å². The van der Waals surface area contributed by atoms with Crippen LogP contribution in [0.4, 0.5) is 17.1 Å². The number of anilines is 3. The summed E-state index contributed by atoms with van der Waals surface area (Å²) in [6, 6.07) is 86.6. The number of para-hydroxylation sites is 3. The molecule has 11 aromatic rings. The molecule has 0 saturated carbocycles. The van der Waals surface area contributed by atoms with E-state index in [9.17, 15) is 0 Å². The summed E-state index contributed by atoms with van der Waals surface area (Å²) in [5.41, 5.74) is 20.2. The summed E-state index contributed by atoms with van der Waals surface area (Å²) < 4.78 is 0. The lowest BCUT2D eigenvalue weighted by atomic mass is 9.64. The van der Waals surface area contributed by atoms with Crippen LogP contribution in [0.1, 0.15) is 22.3 Å². The van der Waals surface area contributed by atoms with Crippen molar-refractivity contribution in [3.8, 4) is 55.8 Å². The minimum atomic E-state index is -0.465. The number of aromatic nitrogens is 1. The normalized spacial score (nSPS) is 13.1. The summed E-state index contributed by atoms with van der Waals surface area (Å²) in [5.74, 6) is 0. The average molecular weight is 813 g/mol. The number of hydrogen-bond acceptors (Lipinski definition) is 2. The third-order valence-electron chi connectivity index (χ3n) is 13.7. The van der Waals surface area contributed by atoms with E-state index in [-0.39, 0.29) is 0 Å². The van der Waals surface area contributed by atoms with E-state index in [0.717, 1.165) is 22.5 Å². The Kier molecular flexibility index (Phi) is 8.16. The van der Waals surface area contributed by atoms with E-state index in [1.165, 1.54) is 94.1 Å². The van der Waals surface area contributed by atoms with Gasteiger partial charge >= 0.3 is 0 Å². The molecular weight excluding hydrogens is 773 g/mol. The summed E-state index contributed by atoms with van der Waals surface area (Å²) in [5, 5.41) is 4.95. The second-order valence-electron chi connectivity index (χ2n) is 17.0. The molecule has 0 fully saturated rings. The van der Waals surface area contributed by atoms with E-state index in [1.807, 2.05) is 6.20 Å². The minimum Gasteiger partial charge on any atom is -0.310 e. The number of fused-ring (bicyclic) bond motifs is 11. The van der Waals surface area contributed by atoms with Crippen molar-refractivity contribution < 1.29 is 0 Å². The molecular formula is C62H40N2. The molecule has 1 aromatic heterocycles.